The fourth-order valence-electron chi connectivity index (χ4n) is 3.38. The zero-order valence-electron chi connectivity index (χ0n) is 20.1. The molecule has 0 aliphatic rings. The average molecular weight is 531 g/mol. The molecule has 0 unspecified atom stereocenters. The van der Waals surface area contributed by atoms with Crippen molar-refractivity contribution in [2.75, 3.05) is 6.61 Å². The highest BCUT2D eigenvalue weighted by molar-refractivity contribution is 6.30. The SMILES string of the molecule is CC(C)C[C@](C)(N)COc1ccc(-c2ccnc(C(F)F)c2)nc1CF.FC(F)c1cc(Cl)ccn1. The van der Waals surface area contributed by atoms with Crippen LogP contribution in [0.3, 0.4) is 0 Å². The van der Waals surface area contributed by atoms with Crippen molar-refractivity contribution in [1.82, 2.24) is 15.0 Å². The number of nitrogens with two attached hydrogens (primary N) is 1. The maximum Gasteiger partial charge on any atom is 0.280 e. The molecule has 3 aromatic heterocycles. The van der Waals surface area contributed by atoms with E-state index in [9.17, 15) is 22.0 Å². The van der Waals surface area contributed by atoms with Crippen LogP contribution < -0.4 is 10.5 Å². The Balaban J connectivity index is 0.000000380. The Hall–Kier alpha value is -2.85. The Morgan fingerprint density at radius 2 is 1.58 bits per heavy atom. The van der Waals surface area contributed by atoms with E-state index in [-0.39, 0.29) is 28.7 Å². The molecule has 36 heavy (non-hydrogen) atoms. The van der Waals surface area contributed by atoms with Gasteiger partial charge in [0.25, 0.3) is 12.9 Å². The smallest absolute Gasteiger partial charge is 0.280 e. The minimum absolute atomic E-state index is 0.109. The third-order valence-electron chi connectivity index (χ3n) is 4.76. The lowest BCUT2D eigenvalue weighted by Gasteiger charge is -2.27. The molecule has 0 fully saturated rings. The van der Waals surface area contributed by atoms with Gasteiger partial charge < -0.3 is 10.5 Å². The number of rotatable bonds is 9. The molecule has 196 valence electrons. The summed E-state index contributed by atoms with van der Waals surface area (Å²) in [7, 11) is 0. The van der Waals surface area contributed by atoms with Gasteiger partial charge in [-0.1, -0.05) is 25.4 Å². The van der Waals surface area contributed by atoms with E-state index in [2.05, 4.69) is 28.8 Å². The molecule has 0 spiro atoms. The van der Waals surface area contributed by atoms with E-state index >= 15 is 0 Å². The van der Waals surface area contributed by atoms with E-state index in [0.717, 1.165) is 12.5 Å². The molecule has 3 heterocycles. The Kier molecular flexibility index (Phi) is 11.0. The monoisotopic (exact) mass is 530 g/mol. The number of ether oxygens (including phenoxy) is 1. The third-order valence-corrected chi connectivity index (χ3v) is 4.99. The topological polar surface area (TPSA) is 73.9 Å². The second-order valence-electron chi connectivity index (χ2n) is 8.79. The van der Waals surface area contributed by atoms with Gasteiger partial charge in [0.05, 0.1) is 5.69 Å². The molecule has 0 bridgehead atoms. The molecule has 3 aromatic rings. The zero-order valence-corrected chi connectivity index (χ0v) is 20.8. The summed E-state index contributed by atoms with van der Waals surface area (Å²) < 4.78 is 68.4. The predicted molar refractivity (Wildman–Crippen MR) is 129 cm³/mol. The second kappa shape index (κ2) is 13.5. The van der Waals surface area contributed by atoms with Crippen molar-refractivity contribution >= 4 is 11.6 Å². The molecule has 0 saturated heterocycles. The lowest BCUT2D eigenvalue weighted by molar-refractivity contribution is 0.145. The number of alkyl halides is 5. The van der Waals surface area contributed by atoms with Crippen LogP contribution in [0.1, 0.15) is 57.1 Å². The number of hydrogen-bond acceptors (Lipinski definition) is 5. The first-order chi connectivity index (χ1) is 16.9. The largest absolute Gasteiger partial charge is 0.490 e. The minimum atomic E-state index is -2.68. The standard InChI is InChI=1S/C19H24F3N3O.C6H4ClF2N/c1-12(2)9-19(3,23)11-26-17-5-4-14(25-16(17)10-20)13-6-7-24-15(8-13)18(21)22;7-4-1-2-10-5(3-4)6(8)9/h4-8,12,18H,9-11,23H2,1-3H3;1-3,6H/t19-;/m0./s1. The van der Waals surface area contributed by atoms with E-state index in [1.807, 2.05) is 6.92 Å². The van der Waals surface area contributed by atoms with Gasteiger partial charge in [-0.15, -0.1) is 0 Å². The lowest BCUT2D eigenvalue weighted by Crippen LogP contribution is -2.43. The van der Waals surface area contributed by atoms with Crippen molar-refractivity contribution in [3.63, 3.8) is 0 Å². The van der Waals surface area contributed by atoms with Gasteiger partial charge in [-0.3, -0.25) is 9.97 Å². The van der Waals surface area contributed by atoms with Crippen LogP contribution in [0.15, 0.2) is 48.8 Å². The molecule has 0 aliphatic heterocycles. The van der Waals surface area contributed by atoms with Crippen LogP contribution >= 0.6 is 11.6 Å². The summed E-state index contributed by atoms with van der Waals surface area (Å²) in [6, 6.07) is 8.59. The first-order valence-electron chi connectivity index (χ1n) is 11.0. The minimum Gasteiger partial charge on any atom is -0.490 e. The molecular formula is C25H28ClF5N4O. The van der Waals surface area contributed by atoms with Crippen LogP contribution in [0.4, 0.5) is 22.0 Å². The van der Waals surface area contributed by atoms with Crippen molar-refractivity contribution in [3.8, 4) is 17.0 Å². The highest BCUT2D eigenvalue weighted by Gasteiger charge is 2.22. The van der Waals surface area contributed by atoms with Crippen molar-refractivity contribution in [3.05, 3.63) is 70.9 Å². The number of pyridine rings is 3. The molecule has 5 nitrogen and oxygen atoms in total. The first kappa shape index (κ1) is 29.4. The second-order valence-corrected chi connectivity index (χ2v) is 9.22. The maximum absolute atomic E-state index is 13.4. The van der Waals surface area contributed by atoms with E-state index in [1.54, 1.807) is 18.2 Å². The summed E-state index contributed by atoms with van der Waals surface area (Å²) in [5, 5.41) is 0.283. The van der Waals surface area contributed by atoms with Gasteiger partial charge in [0.2, 0.25) is 0 Å². The number of hydrogen-bond donors (Lipinski definition) is 1. The van der Waals surface area contributed by atoms with Crippen LogP contribution in [0.25, 0.3) is 11.3 Å². The molecule has 1 atom stereocenters. The summed E-state index contributed by atoms with van der Waals surface area (Å²) >= 11 is 5.42. The fourth-order valence-corrected chi connectivity index (χ4v) is 3.55. The quantitative estimate of drug-likeness (QED) is 0.292. The normalized spacial score (nSPS) is 12.9. The van der Waals surface area contributed by atoms with Gasteiger partial charge in [0.15, 0.2) is 0 Å². The van der Waals surface area contributed by atoms with E-state index in [1.165, 1.54) is 24.5 Å². The van der Waals surface area contributed by atoms with Gasteiger partial charge in [-0.05, 0) is 55.7 Å². The molecule has 0 radical (unpaired) electrons. The van der Waals surface area contributed by atoms with E-state index in [0.29, 0.717) is 22.9 Å². The molecule has 0 aliphatic carbocycles. The number of aromatic nitrogens is 3. The predicted octanol–water partition coefficient (Wildman–Crippen LogP) is 7.37. The zero-order chi connectivity index (χ0) is 26.9. The van der Waals surface area contributed by atoms with Gasteiger partial charge in [-0.25, -0.2) is 26.9 Å². The van der Waals surface area contributed by atoms with Crippen LogP contribution in [-0.2, 0) is 6.67 Å². The Bertz CT molecular complexity index is 1120. The van der Waals surface area contributed by atoms with Gasteiger partial charge in [-0.2, -0.15) is 0 Å². The fraction of sp³-hybridized carbons (Fsp3) is 0.400. The average Bonchev–Trinajstić information content (AvgIpc) is 2.82. The number of halogens is 6. The number of nitrogens with zero attached hydrogens (tertiary/aromatic N) is 3. The molecule has 0 saturated carbocycles. The lowest BCUT2D eigenvalue weighted by atomic mass is 9.93. The maximum atomic E-state index is 13.4. The first-order valence-corrected chi connectivity index (χ1v) is 11.4. The summed E-state index contributed by atoms with van der Waals surface area (Å²) in [4.78, 5) is 11.2. The van der Waals surface area contributed by atoms with Gasteiger partial charge in [0.1, 0.15) is 36.1 Å². The Morgan fingerprint density at radius 3 is 2.11 bits per heavy atom. The molecule has 0 aromatic carbocycles. The highest BCUT2D eigenvalue weighted by atomic mass is 35.5. The third kappa shape index (κ3) is 9.31. The molecular weight excluding hydrogens is 503 g/mol. The van der Waals surface area contributed by atoms with Crippen molar-refractivity contribution in [1.29, 1.82) is 0 Å². The Morgan fingerprint density at radius 1 is 0.972 bits per heavy atom. The van der Waals surface area contributed by atoms with E-state index < -0.39 is 25.1 Å². The van der Waals surface area contributed by atoms with Crippen molar-refractivity contribution in [2.45, 2.75) is 52.3 Å². The van der Waals surface area contributed by atoms with Crippen LogP contribution in [-0.4, -0.2) is 27.1 Å². The van der Waals surface area contributed by atoms with Gasteiger partial charge in [0, 0.05) is 28.5 Å². The summed E-state index contributed by atoms with van der Waals surface area (Å²) in [5.74, 6) is 0.713. The van der Waals surface area contributed by atoms with Crippen molar-refractivity contribution < 1.29 is 26.7 Å². The molecule has 11 heteroatoms. The van der Waals surface area contributed by atoms with E-state index in [4.69, 9.17) is 22.1 Å². The molecule has 2 N–H and O–H groups in total. The highest BCUT2D eigenvalue weighted by Crippen LogP contribution is 2.27. The summed E-state index contributed by atoms with van der Waals surface area (Å²) in [6.07, 6.45) is -1.93. The van der Waals surface area contributed by atoms with Crippen LogP contribution in [0, 0.1) is 5.92 Å². The Labute approximate surface area is 211 Å². The van der Waals surface area contributed by atoms with Crippen LogP contribution in [0.5, 0.6) is 5.75 Å². The van der Waals surface area contributed by atoms with Gasteiger partial charge >= 0.3 is 0 Å². The van der Waals surface area contributed by atoms with Crippen LogP contribution in [0.2, 0.25) is 5.02 Å². The molecule has 0 amide bonds. The van der Waals surface area contributed by atoms with Crippen molar-refractivity contribution in [2.24, 2.45) is 11.7 Å². The molecule has 3 rings (SSSR count). The summed E-state index contributed by atoms with van der Waals surface area (Å²) in [6.45, 7) is 5.41. The summed E-state index contributed by atoms with van der Waals surface area (Å²) in [5.41, 5.74) is 5.96.